The summed E-state index contributed by atoms with van der Waals surface area (Å²) in [5.41, 5.74) is 30.3. The lowest BCUT2D eigenvalue weighted by Gasteiger charge is -2.47. The topological polar surface area (TPSA) is 359 Å². The van der Waals surface area contributed by atoms with Crippen molar-refractivity contribution in [1.29, 1.82) is 0 Å². The van der Waals surface area contributed by atoms with Gasteiger partial charge >= 0.3 is 0 Å². The van der Waals surface area contributed by atoms with Crippen LogP contribution < -0.4 is 34.0 Å². The van der Waals surface area contributed by atoms with Crippen molar-refractivity contribution < 1.29 is 69.3 Å². The van der Waals surface area contributed by atoms with Crippen LogP contribution in [0.15, 0.2) is 0 Å². The highest BCUT2D eigenvalue weighted by Gasteiger charge is 2.54. The van der Waals surface area contributed by atoms with Gasteiger partial charge in [0.15, 0.2) is 18.9 Å². The Bertz CT molecular complexity index is 998. The molecule has 19 atom stereocenters. The molecule has 4 aliphatic rings. The van der Waals surface area contributed by atoms with E-state index < -0.39 is 117 Å². The van der Waals surface area contributed by atoms with Crippen LogP contribution in [-0.4, -0.2) is 190 Å². The summed E-state index contributed by atoms with van der Waals surface area (Å²) < 4.78 is 36.2. The molecule has 0 spiro atoms. The molecule has 0 aromatic carbocycles. The van der Waals surface area contributed by atoms with Crippen molar-refractivity contribution in [2.75, 3.05) is 39.4 Å². The van der Waals surface area contributed by atoms with Crippen molar-refractivity contribution in [3.8, 4) is 0 Å². The molecular formula is C30H60N6O14. The fourth-order valence-electron chi connectivity index (χ4n) is 6.98. The van der Waals surface area contributed by atoms with Gasteiger partial charge in [0.05, 0.1) is 49.7 Å². The van der Waals surface area contributed by atoms with E-state index in [-0.39, 0.29) is 45.2 Å². The van der Waals surface area contributed by atoms with Crippen LogP contribution in [0.2, 0.25) is 0 Å². The molecular weight excluding hydrogens is 668 g/mol. The van der Waals surface area contributed by atoms with Crippen molar-refractivity contribution >= 4 is 0 Å². The molecule has 1 saturated carbocycles. The van der Waals surface area contributed by atoms with E-state index in [1.54, 1.807) is 0 Å². The number of aliphatic hydroxyl groups excluding tert-OH is 8. The van der Waals surface area contributed by atoms with E-state index in [9.17, 15) is 35.7 Å². The molecule has 1 aliphatic carbocycles. The molecule has 0 amide bonds. The quantitative estimate of drug-likeness (QED) is 0.0661. The van der Waals surface area contributed by atoms with E-state index in [1.165, 1.54) is 0 Å². The third-order valence-electron chi connectivity index (χ3n) is 10.1. The van der Waals surface area contributed by atoms with E-state index >= 15 is 0 Å². The van der Waals surface area contributed by atoms with E-state index in [4.69, 9.17) is 62.2 Å². The minimum atomic E-state index is -1.58. The number of nitrogens with one attached hydrogen (secondary N) is 1. The molecule has 294 valence electrons. The molecule has 0 aromatic rings. The van der Waals surface area contributed by atoms with E-state index in [1.807, 2.05) is 0 Å². The van der Waals surface area contributed by atoms with Gasteiger partial charge < -0.3 is 103 Å². The van der Waals surface area contributed by atoms with E-state index in [2.05, 4.69) is 5.32 Å². The Kier molecular flexibility index (Phi) is 16.4. The minimum Gasteiger partial charge on any atom is -0.394 e. The fraction of sp³-hybridized carbons (Fsp3) is 1.00. The summed E-state index contributed by atoms with van der Waals surface area (Å²) in [6, 6.07) is -2.53. The molecule has 19 N–H and O–H groups in total. The van der Waals surface area contributed by atoms with Gasteiger partial charge in [-0.25, -0.2) is 0 Å². The first kappa shape index (κ1) is 41.9. The summed E-state index contributed by atoms with van der Waals surface area (Å²) in [4.78, 5) is 0. The van der Waals surface area contributed by atoms with Crippen LogP contribution in [0.1, 0.15) is 32.1 Å². The third-order valence-corrected chi connectivity index (χ3v) is 10.1. The van der Waals surface area contributed by atoms with Crippen LogP contribution in [0.4, 0.5) is 0 Å². The van der Waals surface area contributed by atoms with E-state index in [0.29, 0.717) is 25.8 Å². The highest BCUT2D eigenvalue weighted by Crippen LogP contribution is 2.37. The predicted molar refractivity (Wildman–Crippen MR) is 172 cm³/mol. The van der Waals surface area contributed by atoms with Crippen LogP contribution in [0.5, 0.6) is 0 Å². The zero-order chi connectivity index (χ0) is 36.7. The molecule has 4 fully saturated rings. The summed E-state index contributed by atoms with van der Waals surface area (Å²) in [7, 11) is 0. The first-order valence-electron chi connectivity index (χ1n) is 17.4. The van der Waals surface area contributed by atoms with Gasteiger partial charge in [0.25, 0.3) is 0 Å². The van der Waals surface area contributed by atoms with Gasteiger partial charge in [-0.05, 0) is 38.0 Å². The fourth-order valence-corrected chi connectivity index (χ4v) is 6.98. The monoisotopic (exact) mass is 728 g/mol. The van der Waals surface area contributed by atoms with Crippen molar-refractivity contribution in [3.05, 3.63) is 0 Å². The average molecular weight is 729 g/mol. The smallest absolute Gasteiger partial charge is 0.187 e. The van der Waals surface area contributed by atoms with Crippen molar-refractivity contribution in [2.45, 2.75) is 142 Å². The molecule has 3 saturated heterocycles. The summed E-state index contributed by atoms with van der Waals surface area (Å²) in [6.45, 7) is -0.642. The van der Waals surface area contributed by atoms with Gasteiger partial charge in [-0.1, -0.05) is 0 Å². The van der Waals surface area contributed by atoms with Gasteiger partial charge in [0.1, 0.15) is 48.8 Å². The number of hydrogen-bond acceptors (Lipinski definition) is 20. The first-order valence-corrected chi connectivity index (χ1v) is 17.4. The SMILES string of the molecule is NCC(O)CC[C@@H]1C[C@H](N)[C@@H](O[C@H]2O[C@H](CNCC(O)CO)CC[C@H]2N)[C@H](O[C@@H]2O[C@H](CO)[C@@H](O[C@H]3O[C@@H](CN)[C@@H](O)[C@H](O)[C@H]3N)[C@H]2O)[C@H]1O. The Morgan fingerprint density at radius 1 is 0.720 bits per heavy atom. The van der Waals surface area contributed by atoms with Gasteiger partial charge in [0, 0.05) is 32.2 Å². The van der Waals surface area contributed by atoms with Crippen LogP contribution in [0, 0.1) is 5.92 Å². The van der Waals surface area contributed by atoms with Crippen molar-refractivity contribution in [1.82, 2.24) is 5.32 Å². The second-order valence-corrected chi connectivity index (χ2v) is 13.8. The van der Waals surface area contributed by atoms with Crippen LogP contribution in [0.3, 0.4) is 0 Å². The Morgan fingerprint density at radius 2 is 1.40 bits per heavy atom. The van der Waals surface area contributed by atoms with Gasteiger partial charge in [0.2, 0.25) is 0 Å². The molecule has 2 unspecified atom stereocenters. The second-order valence-electron chi connectivity index (χ2n) is 13.8. The highest BCUT2D eigenvalue weighted by atomic mass is 16.8. The molecule has 20 nitrogen and oxygen atoms in total. The third kappa shape index (κ3) is 10.2. The lowest BCUT2D eigenvalue weighted by molar-refractivity contribution is -0.292. The number of hydrogen-bond donors (Lipinski definition) is 14. The number of aliphatic hydroxyl groups is 8. The molecule has 0 bridgehead atoms. The number of ether oxygens (including phenoxy) is 6. The molecule has 0 aromatic heterocycles. The second kappa shape index (κ2) is 19.5. The Labute approximate surface area is 291 Å². The Balaban J connectivity index is 1.50. The minimum absolute atomic E-state index is 0.0366. The maximum absolute atomic E-state index is 11.7. The van der Waals surface area contributed by atoms with Crippen molar-refractivity contribution in [2.24, 2.45) is 34.6 Å². The van der Waals surface area contributed by atoms with Gasteiger partial charge in [-0.15, -0.1) is 0 Å². The summed E-state index contributed by atoms with van der Waals surface area (Å²) >= 11 is 0. The van der Waals surface area contributed by atoms with E-state index in [0.717, 1.165) is 0 Å². The summed E-state index contributed by atoms with van der Waals surface area (Å²) in [5.74, 6) is -0.471. The lowest BCUT2D eigenvalue weighted by Crippen LogP contribution is -2.64. The van der Waals surface area contributed by atoms with Crippen LogP contribution in [0.25, 0.3) is 0 Å². The van der Waals surface area contributed by atoms with Crippen molar-refractivity contribution in [3.63, 3.8) is 0 Å². The predicted octanol–water partition coefficient (Wildman–Crippen LogP) is -7.46. The first-order chi connectivity index (χ1) is 23.8. The maximum atomic E-state index is 11.7. The average Bonchev–Trinajstić information content (AvgIpc) is 3.40. The van der Waals surface area contributed by atoms with Gasteiger partial charge in [-0.2, -0.15) is 0 Å². The molecule has 50 heavy (non-hydrogen) atoms. The lowest BCUT2D eigenvalue weighted by atomic mass is 9.77. The largest absolute Gasteiger partial charge is 0.394 e. The molecule has 20 heteroatoms. The molecule has 0 radical (unpaired) electrons. The number of rotatable bonds is 17. The van der Waals surface area contributed by atoms with Crippen LogP contribution >= 0.6 is 0 Å². The summed E-state index contributed by atoms with van der Waals surface area (Å²) in [6.07, 6.45) is -15.2. The number of nitrogens with two attached hydrogens (primary N) is 5. The molecule has 3 aliphatic heterocycles. The molecule has 3 heterocycles. The standard InChI is InChI=1S/C30H60N6O14/c31-6-13(39)2-1-12-5-17(34)25(48-28-16(33)4-3-15(45-28)9-36-8-14(40)10-37)27(21(12)41)50-30-24(44)26(19(11-38)47-30)49-29-20(35)23(43)22(42)18(7-32)46-29/h12-30,36-44H,1-11,31-35H2/t12-,13?,14?,15+,16-,17+,18+,19-,20-,21+,22-,23-,24-,25-,26-,27-,28-,29-,30+/m1/s1. The molecule has 4 rings (SSSR count). The van der Waals surface area contributed by atoms with Gasteiger partial charge in [-0.3, -0.25) is 0 Å². The normalized spacial score (nSPS) is 45.4. The van der Waals surface area contributed by atoms with Crippen LogP contribution in [-0.2, 0) is 28.4 Å². The maximum Gasteiger partial charge on any atom is 0.187 e. The zero-order valence-corrected chi connectivity index (χ0v) is 28.2. The summed E-state index contributed by atoms with van der Waals surface area (Å²) in [5, 5.41) is 85.7. The Hall–Kier alpha value is -0.800. The highest BCUT2D eigenvalue weighted by molar-refractivity contribution is 5.00. The Morgan fingerprint density at radius 3 is 2.06 bits per heavy atom. The zero-order valence-electron chi connectivity index (χ0n) is 28.2.